The van der Waals surface area contributed by atoms with E-state index in [9.17, 15) is 0 Å². The van der Waals surface area contributed by atoms with Gasteiger partial charge in [-0.3, -0.25) is 4.98 Å². The molecule has 0 bridgehead atoms. The molecule has 2 fully saturated rings. The van der Waals surface area contributed by atoms with Crippen molar-refractivity contribution in [2.45, 2.75) is 25.6 Å². The Morgan fingerprint density at radius 1 is 1.33 bits per heavy atom. The number of ether oxygens (including phenoxy) is 1. The van der Waals surface area contributed by atoms with Gasteiger partial charge in [0.2, 0.25) is 0 Å². The molecule has 0 atom stereocenters. The van der Waals surface area contributed by atoms with Gasteiger partial charge in [0.05, 0.1) is 12.7 Å². The van der Waals surface area contributed by atoms with Crippen LogP contribution < -0.4 is 5.32 Å². The summed E-state index contributed by atoms with van der Waals surface area (Å²) in [5.74, 6) is 0. The lowest BCUT2D eigenvalue weighted by Gasteiger charge is -2.54. The van der Waals surface area contributed by atoms with Crippen LogP contribution in [0.1, 0.15) is 18.4 Å². The summed E-state index contributed by atoms with van der Waals surface area (Å²) in [6.45, 7) is 3.13. The maximum absolute atomic E-state index is 5.84. The Labute approximate surface area is 89.9 Å². The molecular formula is C12H16N2O. The maximum Gasteiger partial charge on any atom is 0.0721 e. The molecule has 2 heterocycles. The zero-order valence-corrected chi connectivity index (χ0v) is 8.78. The average molecular weight is 204 g/mol. The highest BCUT2D eigenvalue weighted by atomic mass is 16.5. The van der Waals surface area contributed by atoms with Crippen molar-refractivity contribution in [2.75, 3.05) is 13.1 Å². The van der Waals surface area contributed by atoms with Crippen molar-refractivity contribution in [2.24, 2.45) is 5.41 Å². The third-order valence-corrected chi connectivity index (χ3v) is 3.56. The van der Waals surface area contributed by atoms with Crippen LogP contribution in [0.3, 0.4) is 0 Å². The molecule has 1 aromatic rings. The molecule has 1 spiro atoms. The number of hydrogen-bond donors (Lipinski definition) is 1. The highest BCUT2D eigenvalue weighted by molar-refractivity contribution is 5.09. The number of nitrogens with zero attached hydrogens (tertiary/aromatic N) is 1. The minimum atomic E-state index is 0.486. The Kier molecular flexibility index (Phi) is 2.22. The molecule has 0 amide bonds. The normalized spacial score (nSPS) is 23.5. The van der Waals surface area contributed by atoms with E-state index in [4.69, 9.17) is 4.74 Å². The third-order valence-electron chi connectivity index (χ3n) is 3.56. The summed E-state index contributed by atoms with van der Waals surface area (Å²) < 4.78 is 5.84. The molecule has 0 radical (unpaired) electrons. The third kappa shape index (κ3) is 1.77. The van der Waals surface area contributed by atoms with E-state index < -0.39 is 0 Å². The highest BCUT2D eigenvalue weighted by Crippen LogP contribution is 2.45. The number of hydrogen-bond acceptors (Lipinski definition) is 3. The zero-order valence-electron chi connectivity index (χ0n) is 8.78. The molecular weight excluding hydrogens is 188 g/mol. The van der Waals surface area contributed by atoms with E-state index in [0.29, 0.717) is 11.5 Å². The summed E-state index contributed by atoms with van der Waals surface area (Å²) in [4.78, 5) is 3.99. The van der Waals surface area contributed by atoms with Gasteiger partial charge in [0.1, 0.15) is 0 Å². The molecule has 1 aromatic heterocycles. The first-order chi connectivity index (χ1) is 7.36. The second kappa shape index (κ2) is 3.58. The molecule has 1 N–H and O–H groups in total. The van der Waals surface area contributed by atoms with Crippen LogP contribution in [0.4, 0.5) is 0 Å². The van der Waals surface area contributed by atoms with Crippen molar-refractivity contribution in [3.63, 3.8) is 0 Å². The summed E-state index contributed by atoms with van der Waals surface area (Å²) in [5.41, 5.74) is 1.83. The lowest BCUT2D eigenvalue weighted by molar-refractivity contribution is -0.109. The molecule has 1 saturated carbocycles. The summed E-state index contributed by atoms with van der Waals surface area (Å²) in [6.07, 6.45) is 6.60. The molecule has 2 aliphatic rings. The van der Waals surface area contributed by atoms with Gasteiger partial charge in [0, 0.05) is 30.9 Å². The predicted octanol–water partition coefficient (Wildman–Crippen LogP) is 1.35. The minimum Gasteiger partial charge on any atom is -0.373 e. The van der Waals surface area contributed by atoms with Gasteiger partial charge in [0.15, 0.2) is 0 Å². The van der Waals surface area contributed by atoms with Crippen LogP contribution >= 0.6 is 0 Å². The monoisotopic (exact) mass is 204 g/mol. The van der Waals surface area contributed by atoms with Crippen molar-refractivity contribution in [3.05, 3.63) is 30.1 Å². The molecule has 80 valence electrons. The Morgan fingerprint density at radius 2 is 2.07 bits per heavy atom. The van der Waals surface area contributed by atoms with Gasteiger partial charge in [-0.2, -0.15) is 0 Å². The number of pyridine rings is 1. The van der Waals surface area contributed by atoms with Crippen LogP contribution in [-0.2, 0) is 11.3 Å². The topological polar surface area (TPSA) is 34.1 Å². The fourth-order valence-electron chi connectivity index (χ4n) is 2.48. The lowest BCUT2D eigenvalue weighted by Crippen LogP contribution is -2.62. The number of rotatable bonds is 3. The van der Waals surface area contributed by atoms with Gasteiger partial charge in [0.25, 0.3) is 0 Å². The van der Waals surface area contributed by atoms with Gasteiger partial charge in [-0.05, 0) is 30.5 Å². The number of aromatic nitrogens is 1. The van der Waals surface area contributed by atoms with Crippen molar-refractivity contribution < 1.29 is 4.74 Å². The lowest BCUT2D eigenvalue weighted by atomic mass is 9.63. The van der Waals surface area contributed by atoms with Gasteiger partial charge in [-0.1, -0.05) is 0 Å². The first kappa shape index (κ1) is 9.31. The van der Waals surface area contributed by atoms with Crippen molar-refractivity contribution in [1.29, 1.82) is 0 Å². The van der Waals surface area contributed by atoms with E-state index in [1.165, 1.54) is 31.5 Å². The van der Waals surface area contributed by atoms with Crippen LogP contribution in [0.15, 0.2) is 24.5 Å². The molecule has 3 nitrogen and oxygen atoms in total. The Morgan fingerprint density at radius 3 is 2.67 bits per heavy atom. The Bertz CT molecular complexity index is 327. The van der Waals surface area contributed by atoms with Crippen LogP contribution in [0.25, 0.3) is 0 Å². The standard InChI is InChI=1S/C12H16N2O/c1-3-13-4-2-10(1)7-15-11-5-12(6-11)8-14-9-12/h1-4,11,14H,5-9H2. The molecule has 3 rings (SSSR count). The van der Waals surface area contributed by atoms with Crippen LogP contribution in [-0.4, -0.2) is 24.2 Å². The Hall–Kier alpha value is -0.930. The Balaban J connectivity index is 1.44. The SMILES string of the molecule is c1cc(COC2CC3(CNC3)C2)ccn1. The molecule has 15 heavy (non-hydrogen) atoms. The summed E-state index contributed by atoms with van der Waals surface area (Å²) in [5, 5.41) is 3.33. The van der Waals surface area contributed by atoms with Crippen LogP contribution in [0.2, 0.25) is 0 Å². The van der Waals surface area contributed by atoms with Crippen molar-refractivity contribution in [1.82, 2.24) is 10.3 Å². The second-order valence-corrected chi connectivity index (χ2v) is 4.80. The summed E-state index contributed by atoms with van der Waals surface area (Å²) >= 11 is 0. The number of nitrogens with one attached hydrogen (secondary N) is 1. The van der Waals surface area contributed by atoms with Crippen molar-refractivity contribution in [3.8, 4) is 0 Å². The van der Waals surface area contributed by atoms with E-state index in [1.807, 2.05) is 24.5 Å². The first-order valence-corrected chi connectivity index (χ1v) is 5.58. The largest absolute Gasteiger partial charge is 0.373 e. The van der Waals surface area contributed by atoms with Gasteiger partial charge in [-0.25, -0.2) is 0 Å². The van der Waals surface area contributed by atoms with Gasteiger partial charge in [-0.15, -0.1) is 0 Å². The van der Waals surface area contributed by atoms with Crippen molar-refractivity contribution >= 4 is 0 Å². The van der Waals surface area contributed by atoms with Gasteiger partial charge < -0.3 is 10.1 Å². The summed E-state index contributed by atoms with van der Waals surface area (Å²) in [7, 11) is 0. The molecule has 1 aliphatic heterocycles. The highest BCUT2D eigenvalue weighted by Gasteiger charge is 2.48. The van der Waals surface area contributed by atoms with E-state index in [1.54, 1.807) is 0 Å². The van der Waals surface area contributed by atoms with Crippen LogP contribution in [0, 0.1) is 5.41 Å². The van der Waals surface area contributed by atoms with E-state index in [-0.39, 0.29) is 0 Å². The first-order valence-electron chi connectivity index (χ1n) is 5.58. The fourth-order valence-corrected chi connectivity index (χ4v) is 2.48. The second-order valence-electron chi connectivity index (χ2n) is 4.80. The zero-order chi connectivity index (χ0) is 10.1. The van der Waals surface area contributed by atoms with E-state index >= 15 is 0 Å². The average Bonchev–Trinajstić information content (AvgIpc) is 2.15. The summed E-state index contributed by atoms with van der Waals surface area (Å²) in [6, 6.07) is 4.03. The predicted molar refractivity (Wildman–Crippen MR) is 57.4 cm³/mol. The molecule has 3 heteroatoms. The fraction of sp³-hybridized carbons (Fsp3) is 0.583. The van der Waals surface area contributed by atoms with E-state index in [2.05, 4.69) is 10.3 Å². The van der Waals surface area contributed by atoms with E-state index in [0.717, 1.165) is 6.61 Å². The minimum absolute atomic E-state index is 0.486. The smallest absolute Gasteiger partial charge is 0.0721 e. The van der Waals surface area contributed by atoms with Crippen LogP contribution in [0.5, 0.6) is 0 Å². The molecule has 1 saturated heterocycles. The maximum atomic E-state index is 5.84. The molecule has 0 aromatic carbocycles. The quantitative estimate of drug-likeness (QED) is 0.807. The molecule has 1 aliphatic carbocycles. The van der Waals surface area contributed by atoms with Gasteiger partial charge >= 0.3 is 0 Å². The molecule has 0 unspecified atom stereocenters.